The number of amides is 1. The van der Waals surface area contributed by atoms with Crippen molar-refractivity contribution in [1.82, 2.24) is 10.6 Å². The van der Waals surface area contributed by atoms with Gasteiger partial charge in [0.25, 0.3) is 0 Å². The van der Waals surface area contributed by atoms with Crippen LogP contribution in [-0.2, 0) is 11.2 Å². The molecule has 0 aliphatic heterocycles. The lowest BCUT2D eigenvalue weighted by Crippen LogP contribution is -2.37. The van der Waals surface area contributed by atoms with E-state index < -0.39 is 0 Å². The molecule has 1 aliphatic rings. The van der Waals surface area contributed by atoms with Crippen LogP contribution in [0.25, 0.3) is 0 Å². The Morgan fingerprint density at radius 3 is 2.38 bits per heavy atom. The normalized spacial score (nSPS) is 16.4. The molecule has 21 heavy (non-hydrogen) atoms. The van der Waals surface area contributed by atoms with Crippen molar-refractivity contribution in [2.45, 2.75) is 57.9 Å². The maximum Gasteiger partial charge on any atom is 0.224 e. The molecule has 1 amide bonds. The number of hydrogen-bond donors (Lipinski definition) is 2. The Labute approximate surface area is 128 Å². The van der Waals surface area contributed by atoms with Crippen LogP contribution < -0.4 is 10.6 Å². The van der Waals surface area contributed by atoms with Gasteiger partial charge in [-0.2, -0.15) is 0 Å². The predicted molar refractivity (Wildman–Crippen MR) is 87.4 cm³/mol. The van der Waals surface area contributed by atoms with Gasteiger partial charge in [0.2, 0.25) is 5.91 Å². The molecular formula is C18H28N2O. The minimum atomic E-state index is 0.113. The van der Waals surface area contributed by atoms with Gasteiger partial charge in [0.1, 0.15) is 0 Å². The van der Waals surface area contributed by atoms with Crippen molar-refractivity contribution < 1.29 is 4.79 Å². The van der Waals surface area contributed by atoms with Crippen LogP contribution in [0.15, 0.2) is 24.3 Å². The molecule has 3 heteroatoms. The van der Waals surface area contributed by atoms with E-state index in [2.05, 4.69) is 29.7 Å². The average Bonchev–Trinajstić information content (AvgIpc) is 2.75. The Hall–Kier alpha value is -1.35. The number of carbonyl (C=O) groups is 1. The molecular weight excluding hydrogens is 260 g/mol. The summed E-state index contributed by atoms with van der Waals surface area (Å²) in [6.07, 6.45) is 8.50. The zero-order valence-corrected chi connectivity index (χ0v) is 13.2. The smallest absolute Gasteiger partial charge is 0.224 e. The molecule has 116 valence electrons. The maximum absolute atomic E-state index is 11.9. The lowest BCUT2D eigenvalue weighted by Gasteiger charge is -2.16. The van der Waals surface area contributed by atoms with Crippen LogP contribution in [0.3, 0.4) is 0 Å². The second-order valence-electron chi connectivity index (χ2n) is 6.15. The zero-order chi connectivity index (χ0) is 14.9. The molecule has 0 atom stereocenters. The highest BCUT2D eigenvalue weighted by Crippen LogP contribution is 2.16. The molecule has 1 saturated carbocycles. The van der Waals surface area contributed by atoms with Gasteiger partial charge in [-0.25, -0.2) is 0 Å². The highest BCUT2D eigenvalue weighted by atomic mass is 16.1. The molecule has 0 saturated heterocycles. The first-order chi connectivity index (χ1) is 10.2. The first-order valence-corrected chi connectivity index (χ1v) is 8.29. The Bertz CT molecular complexity index is 419. The number of hydrogen-bond acceptors (Lipinski definition) is 2. The van der Waals surface area contributed by atoms with E-state index in [-0.39, 0.29) is 5.91 Å². The van der Waals surface area contributed by atoms with Crippen LogP contribution in [0, 0.1) is 6.92 Å². The predicted octanol–water partition coefficient (Wildman–Crippen LogP) is 2.97. The molecule has 1 aromatic carbocycles. The van der Waals surface area contributed by atoms with Gasteiger partial charge >= 0.3 is 0 Å². The topological polar surface area (TPSA) is 41.1 Å². The molecule has 0 heterocycles. The number of carbonyl (C=O) groups excluding carboxylic acids is 1. The molecule has 0 unspecified atom stereocenters. The fourth-order valence-electron chi connectivity index (χ4n) is 2.92. The summed E-state index contributed by atoms with van der Waals surface area (Å²) in [5, 5.41) is 6.57. The summed E-state index contributed by atoms with van der Waals surface area (Å²) in [7, 11) is 0. The minimum Gasteiger partial charge on any atom is -0.355 e. The summed E-state index contributed by atoms with van der Waals surface area (Å²) < 4.78 is 0. The molecule has 3 nitrogen and oxygen atoms in total. The minimum absolute atomic E-state index is 0.113. The third kappa shape index (κ3) is 6.30. The van der Waals surface area contributed by atoms with E-state index in [1.165, 1.54) is 44.1 Å². The van der Waals surface area contributed by atoms with Crippen LogP contribution in [0.1, 0.15) is 49.7 Å². The van der Waals surface area contributed by atoms with Crippen molar-refractivity contribution >= 4 is 5.91 Å². The van der Waals surface area contributed by atoms with Crippen LogP contribution >= 0.6 is 0 Å². The fraction of sp³-hybridized carbons (Fsp3) is 0.611. The van der Waals surface area contributed by atoms with Crippen molar-refractivity contribution in [3.05, 3.63) is 35.4 Å². The highest BCUT2D eigenvalue weighted by Gasteiger charge is 2.11. The van der Waals surface area contributed by atoms with Gasteiger partial charge in [0, 0.05) is 19.1 Å². The van der Waals surface area contributed by atoms with E-state index in [0.29, 0.717) is 12.5 Å². The van der Waals surface area contributed by atoms with Gasteiger partial charge < -0.3 is 10.6 Å². The van der Waals surface area contributed by atoms with Crippen molar-refractivity contribution in [3.8, 4) is 0 Å². The number of nitrogens with one attached hydrogen (secondary N) is 2. The lowest BCUT2D eigenvalue weighted by atomic mass is 10.1. The molecule has 1 aliphatic carbocycles. The van der Waals surface area contributed by atoms with E-state index >= 15 is 0 Å². The third-order valence-corrected chi connectivity index (χ3v) is 4.22. The quantitative estimate of drug-likeness (QED) is 0.624. The van der Waals surface area contributed by atoms with Crippen LogP contribution in [0.2, 0.25) is 0 Å². The Balaban J connectivity index is 1.59. The van der Waals surface area contributed by atoms with Gasteiger partial charge in [-0.05, 0) is 25.3 Å². The molecule has 0 radical (unpaired) electrons. The second kappa shape index (κ2) is 8.83. The van der Waals surface area contributed by atoms with Crippen molar-refractivity contribution in [3.63, 3.8) is 0 Å². The summed E-state index contributed by atoms with van der Waals surface area (Å²) in [4.78, 5) is 11.9. The standard InChI is InChI=1S/C18H28N2O/c1-15-8-10-16(11-9-15)14-18(21)20-13-12-19-17-6-4-2-3-5-7-17/h8-11,17,19H,2-7,12-14H2,1H3,(H,20,21). The van der Waals surface area contributed by atoms with E-state index in [1.54, 1.807) is 0 Å². The van der Waals surface area contributed by atoms with Crippen molar-refractivity contribution in [2.75, 3.05) is 13.1 Å². The SMILES string of the molecule is Cc1ccc(CC(=O)NCCNC2CCCCCC2)cc1. The number of aryl methyl sites for hydroxylation is 1. The largest absolute Gasteiger partial charge is 0.355 e. The monoisotopic (exact) mass is 288 g/mol. The first kappa shape index (κ1) is 16.0. The lowest BCUT2D eigenvalue weighted by molar-refractivity contribution is -0.120. The Morgan fingerprint density at radius 2 is 1.71 bits per heavy atom. The molecule has 1 aromatic rings. The first-order valence-electron chi connectivity index (χ1n) is 8.29. The van der Waals surface area contributed by atoms with Gasteiger partial charge in [0.05, 0.1) is 6.42 Å². The molecule has 0 aromatic heterocycles. The van der Waals surface area contributed by atoms with Gasteiger partial charge in [-0.15, -0.1) is 0 Å². The fourth-order valence-corrected chi connectivity index (χ4v) is 2.92. The molecule has 2 rings (SSSR count). The van der Waals surface area contributed by atoms with E-state index in [9.17, 15) is 4.79 Å². The molecule has 0 bridgehead atoms. The summed E-state index contributed by atoms with van der Waals surface area (Å²) in [6.45, 7) is 3.66. The number of rotatable bonds is 6. The van der Waals surface area contributed by atoms with Gasteiger partial charge in [-0.3, -0.25) is 4.79 Å². The van der Waals surface area contributed by atoms with Crippen LogP contribution in [0.5, 0.6) is 0 Å². The molecule has 0 spiro atoms. The van der Waals surface area contributed by atoms with Gasteiger partial charge in [0.15, 0.2) is 0 Å². The van der Waals surface area contributed by atoms with Crippen LogP contribution in [0.4, 0.5) is 0 Å². The Kier molecular flexibility index (Phi) is 6.74. The summed E-state index contributed by atoms with van der Waals surface area (Å²) in [5.41, 5.74) is 2.31. The summed E-state index contributed by atoms with van der Waals surface area (Å²) in [5.74, 6) is 0.113. The molecule has 1 fully saturated rings. The average molecular weight is 288 g/mol. The summed E-state index contributed by atoms with van der Waals surface area (Å²) in [6, 6.07) is 8.81. The number of benzene rings is 1. The van der Waals surface area contributed by atoms with E-state index in [4.69, 9.17) is 0 Å². The van der Waals surface area contributed by atoms with Gasteiger partial charge in [-0.1, -0.05) is 55.5 Å². The van der Waals surface area contributed by atoms with Crippen molar-refractivity contribution in [1.29, 1.82) is 0 Å². The highest BCUT2D eigenvalue weighted by molar-refractivity contribution is 5.78. The molecule has 2 N–H and O–H groups in total. The second-order valence-corrected chi connectivity index (χ2v) is 6.15. The zero-order valence-electron chi connectivity index (χ0n) is 13.2. The van der Waals surface area contributed by atoms with Crippen LogP contribution in [-0.4, -0.2) is 25.0 Å². The van der Waals surface area contributed by atoms with Crippen molar-refractivity contribution in [2.24, 2.45) is 0 Å². The third-order valence-electron chi connectivity index (χ3n) is 4.22. The maximum atomic E-state index is 11.9. The Morgan fingerprint density at radius 1 is 1.05 bits per heavy atom. The summed E-state index contributed by atoms with van der Waals surface area (Å²) >= 11 is 0. The van der Waals surface area contributed by atoms with E-state index in [0.717, 1.165) is 18.7 Å². The van der Waals surface area contributed by atoms with E-state index in [1.807, 2.05) is 12.1 Å².